The molecule has 106 valence electrons. The summed E-state index contributed by atoms with van der Waals surface area (Å²) in [5.74, 6) is -1.12. The highest BCUT2D eigenvalue weighted by Gasteiger charge is 2.37. The first-order valence-corrected chi connectivity index (χ1v) is 5.75. The van der Waals surface area contributed by atoms with Gasteiger partial charge in [0.15, 0.2) is 11.5 Å². The third-order valence-corrected chi connectivity index (χ3v) is 3.19. The van der Waals surface area contributed by atoms with E-state index >= 15 is 0 Å². The molecule has 3 rings (SSSR count). The summed E-state index contributed by atoms with van der Waals surface area (Å²) in [6.45, 7) is 0.461. The van der Waals surface area contributed by atoms with Gasteiger partial charge in [-0.3, -0.25) is 4.79 Å². The van der Waals surface area contributed by atoms with Crippen molar-refractivity contribution in [3.8, 4) is 0 Å². The van der Waals surface area contributed by atoms with Crippen LogP contribution in [0.15, 0.2) is 18.5 Å². The number of halogens is 3. The number of carboxylic acid groups (broad SMARTS) is 1. The van der Waals surface area contributed by atoms with Gasteiger partial charge in [0.1, 0.15) is 5.52 Å². The number of nitrogens with zero attached hydrogens (tertiary/aromatic N) is 4. The molecule has 1 fully saturated rings. The predicted octanol–water partition coefficient (Wildman–Crippen LogP) is 1.27. The summed E-state index contributed by atoms with van der Waals surface area (Å²) >= 11 is 0. The van der Waals surface area contributed by atoms with Crippen molar-refractivity contribution in [2.75, 3.05) is 18.0 Å². The molecule has 0 spiro atoms. The highest BCUT2D eigenvalue weighted by Crippen LogP contribution is 2.32. The summed E-state index contributed by atoms with van der Waals surface area (Å²) in [5, 5.41) is 12.3. The quantitative estimate of drug-likeness (QED) is 0.900. The number of carboxylic acids is 1. The molecule has 2 aromatic rings. The number of hydrogen-bond acceptors (Lipinski definition) is 4. The Kier molecular flexibility index (Phi) is 2.59. The molecule has 0 saturated carbocycles. The minimum absolute atomic E-state index is 0.212. The van der Waals surface area contributed by atoms with Crippen LogP contribution in [0.5, 0.6) is 0 Å². The van der Waals surface area contributed by atoms with Crippen molar-refractivity contribution in [3.63, 3.8) is 0 Å². The third-order valence-electron chi connectivity index (χ3n) is 3.19. The molecule has 0 aromatic carbocycles. The Balaban J connectivity index is 1.96. The molecule has 1 aliphatic heterocycles. The van der Waals surface area contributed by atoms with Gasteiger partial charge < -0.3 is 10.0 Å². The second-order valence-electron chi connectivity index (χ2n) is 4.55. The first kappa shape index (κ1) is 12.7. The molecule has 0 bridgehead atoms. The standard InChI is InChI=1S/C11H9F3N4O2/c12-11(13,14)8-3-7-9(15-1-2-18(7)16-8)17-4-6(5-17)10(19)20/h1-3,6H,4-5H2,(H,19,20). The summed E-state index contributed by atoms with van der Waals surface area (Å²) in [6.07, 6.45) is -1.87. The van der Waals surface area contributed by atoms with E-state index in [1.54, 1.807) is 4.90 Å². The van der Waals surface area contributed by atoms with Crippen molar-refractivity contribution < 1.29 is 23.1 Å². The molecule has 1 aliphatic rings. The lowest BCUT2D eigenvalue weighted by atomic mass is 10.0. The SMILES string of the molecule is O=C(O)C1CN(c2nccn3nc(C(F)(F)F)cc23)C1. The van der Waals surface area contributed by atoms with Crippen LogP contribution in [0.3, 0.4) is 0 Å². The van der Waals surface area contributed by atoms with E-state index < -0.39 is 23.8 Å². The monoisotopic (exact) mass is 286 g/mol. The Labute approximate surface area is 110 Å². The van der Waals surface area contributed by atoms with Gasteiger partial charge in [-0.15, -0.1) is 0 Å². The zero-order valence-corrected chi connectivity index (χ0v) is 10.0. The van der Waals surface area contributed by atoms with Crippen LogP contribution in [0.25, 0.3) is 5.52 Å². The lowest BCUT2D eigenvalue weighted by molar-refractivity contribution is -0.142. The van der Waals surface area contributed by atoms with Crippen molar-refractivity contribution >= 4 is 17.3 Å². The molecule has 1 saturated heterocycles. The Bertz CT molecular complexity index is 676. The first-order chi connectivity index (χ1) is 9.36. The summed E-state index contributed by atoms with van der Waals surface area (Å²) in [6, 6.07) is 0.913. The molecular formula is C11H9F3N4O2. The molecule has 0 amide bonds. The van der Waals surface area contributed by atoms with Gasteiger partial charge in [0, 0.05) is 31.5 Å². The highest BCUT2D eigenvalue weighted by atomic mass is 19.4. The second-order valence-corrected chi connectivity index (χ2v) is 4.55. The molecule has 20 heavy (non-hydrogen) atoms. The van der Waals surface area contributed by atoms with E-state index in [1.807, 2.05) is 0 Å². The van der Waals surface area contributed by atoms with Crippen molar-refractivity contribution in [2.45, 2.75) is 6.18 Å². The number of alkyl halides is 3. The molecular weight excluding hydrogens is 277 g/mol. The van der Waals surface area contributed by atoms with Gasteiger partial charge in [-0.05, 0) is 0 Å². The molecule has 0 radical (unpaired) electrons. The Hall–Kier alpha value is -2.32. The van der Waals surface area contributed by atoms with Crippen LogP contribution in [0.1, 0.15) is 5.69 Å². The van der Waals surface area contributed by atoms with Crippen LogP contribution in [-0.2, 0) is 11.0 Å². The maximum Gasteiger partial charge on any atom is 0.435 e. The van der Waals surface area contributed by atoms with E-state index in [2.05, 4.69) is 10.1 Å². The molecule has 9 heteroatoms. The molecule has 1 N–H and O–H groups in total. The maximum absolute atomic E-state index is 12.6. The number of anilines is 1. The smallest absolute Gasteiger partial charge is 0.435 e. The average Bonchev–Trinajstić information content (AvgIpc) is 2.70. The van der Waals surface area contributed by atoms with Crippen LogP contribution < -0.4 is 4.90 Å². The van der Waals surface area contributed by atoms with Gasteiger partial charge in [-0.1, -0.05) is 0 Å². The Morgan fingerprint density at radius 3 is 2.70 bits per heavy atom. The third kappa shape index (κ3) is 1.95. The lowest BCUT2D eigenvalue weighted by Gasteiger charge is -2.37. The summed E-state index contributed by atoms with van der Waals surface area (Å²) in [7, 11) is 0. The average molecular weight is 286 g/mol. The summed E-state index contributed by atoms with van der Waals surface area (Å²) in [5.41, 5.74) is -0.786. The minimum atomic E-state index is -4.53. The summed E-state index contributed by atoms with van der Waals surface area (Å²) < 4.78 is 39.0. The van der Waals surface area contributed by atoms with Gasteiger partial charge in [-0.25, -0.2) is 9.50 Å². The van der Waals surface area contributed by atoms with Crippen LogP contribution >= 0.6 is 0 Å². The fourth-order valence-electron chi connectivity index (χ4n) is 2.10. The van der Waals surface area contributed by atoms with Crippen LogP contribution in [0.2, 0.25) is 0 Å². The number of aliphatic carboxylic acids is 1. The molecule has 6 nitrogen and oxygen atoms in total. The molecule has 2 aromatic heterocycles. The van der Waals surface area contributed by atoms with Gasteiger partial charge in [0.05, 0.1) is 5.92 Å². The van der Waals surface area contributed by atoms with Gasteiger partial charge in [0.2, 0.25) is 0 Å². The van der Waals surface area contributed by atoms with E-state index in [4.69, 9.17) is 5.11 Å². The number of hydrogen-bond donors (Lipinski definition) is 1. The van der Waals surface area contributed by atoms with Crippen molar-refractivity contribution in [2.24, 2.45) is 5.92 Å². The van der Waals surface area contributed by atoms with Crippen molar-refractivity contribution in [1.82, 2.24) is 14.6 Å². The summed E-state index contributed by atoms with van der Waals surface area (Å²) in [4.78, 5) is 16.4. The molecule has 3 heterocycles. The largest absolute Gasteiger partial charge is 0.481 e. The number of carbonyl (C=O) groups is 1. The number of rotatable bonds is 2. The fourth-order valence-corrected chi connectivity index (χ4v) is 2.10. The van der Waals surface area contributed by atoms with Gasteiger partial charge in [0.25, 0.3) is 0 Å². The first-order valence-electron chi connectivity index (χ1n) is 5.75. The van der Waals surface area contributed by atoms with Crippen molar-refractivity contribution in [3.05, 3.63) is 24.2 Å². The van der Waals surface area contributed by atoms with E-state index in [1.165, 1.54) is 12.4 Å². The van der Waals surface area contributed by atoms with Crippen LogP contribution in [-0.4, -0.2) is 38.8 Å². The predicted molar refractivity (Wildman–Crippen MR) is 61.3 cm³/mol. The fraction of sp³-hybridized carbons (Fsp3) is 0.364. The molecule has 0 unspecified atom stereocenters. The Morgan fingerprint density at radius 1 is 1.40 bits per heavy atom. The van der Waals surface area contributed by atoms with E-state index in [9.17, 15) is 18.0 Å². The highest BCUT2D eigenvalue weighted by molar-refractivity contribution is 5.77. The number of fused-ring (bicyclic) bond motifs is 1. The van der Waals surface area contributed by atoms with Gasteiger partial charge >= 0.3 is 12.1 Å². The van der Waals surface area contributed by atoms with Crippen LogP contribution in [0.4, 0.5) is 19.0 Å². The van der Waals surface area contributed by atoms with Crippen molar-refractivity contribution in [1.29, 1.82) is 0 Å². The maximum atomic E-state index is 12.6. The normalized spacial score (nSPS) is 16.4. The van der Waals surface area contributed by atoms with E-state index in [-0.39, 0.29) is 18.6 Å². The zero-order chi connectivity index (χ0) is 14.5. The lowest BCUT2D eigenvalue weighted by Crippen LogP contribution is -2.50. The zero-order valence-electron chi connectivity index (χ0n) is 10.0. The topological polar surface area (TPSA) is 70.7 Å². The van der Waals surface area contributed by atoms with Crippen LogP contribution in [0, 0.1) is 5.92 Å². The van der Waals surface area contributed by atoms with Gasteiger partial charge in [-0.2, -0.15) is 18.3 Å². The Morgan fingerprint density at radius 2 is 2.10 bits per heavy atom. The minimum Gasteiger partial charge on any atom is -0.481 e. The molecule has 0 atom stereocenters. The number of aromatic nitrogens is 3. The van der Waals surface area contributed by atoms with E-state index in [0.29, 0.717) is 5.82 Å². The molecule has 0 aliphatic carbocycles. The van der Waals surface area contributed by atoms with E-state index in [0.717, 1.165) is 10.6 Å². The second kappa shape index (κ2) is 4.09.